The Morgan fingerprint density at radius 3 is 2.09 bits per heavy atom. The third-order valence-corrected chi connectivity index (χ3v) is 14.0. The van der Waals surface area contributed by atoms with Crippen molar-refractivity contribution in [1.29, 1.82) is 0 Å². The number of hydrogen-bond acceptors (Lipinski definition) is 2. The fraction of sp³-hybridized carbons (Fsp3) is 0.579. The van der Waals surface area contributed by atoms with E-state index < -0.39 is 0 Å². The average Bonchev–Trinajstić information content (AvgIpc) is 3.77. The molecule has 1 aromatic carbocycles. The van der Waals surface area contributed by atoms with E-state index >= 15 is 0 Å². The molecule has 2 aliphatic heterocycles. The van der Waals surface area contributed by atoms with Crippen molar-refractivity contribution in [2.45, 2.75) is 62.9 Å². The zero-order valence-electron chi connectivity index (χ0n) is 25.8. The van der Waals surface area contributed by atoms with Gasteiger partial charge in [-0.1, -0.05) is 17.7 Å². The van der Waals surface area contributed by atoms with Crippen LogP contribution in [0.15, 0.2) is 89.1 Å². The molecule has 2 saturated heterocycles. The molecule has 0 spiro atoms. The molecule has 7 unspecified atom stereocenters. The van der Waals surface area contributed by atoms with Crippen LogP contribution in [0.4, 0.5) is 0 Å². The number of piperidine rings is 2. The first-order valence-corrected chi connectivity index (χ1v) is 18.5. The Labute approximate surface area is 276 Å². The summed E-state index contributed by atoms with van der Waals surface area (Å²) in [5, 5.41) is 7.79. The van der Waals surface area contributed by atoms with Crippen LogP contribution >= 0.6 is 18.5 Å². The molecular formula is C38H52FeN2P2. The normalized spacial score (nSPS) is 39.1. The number of nitrogens with one attached hydrogen (secondary N) is 2. The first-order valence-electron chi connectivity index (χ1n) is 17.1. The van der Waals surface area contributed by atoms with Crippen molar-refractivity contribution in [2.24, 2.45) is 40.9 Å². The van der Waals surface area contributed by atoms with Gasteiger partial charge in [0.2, 0.25) is 0 Å². The monoisotopic (exact) mass is 654 g/mol. The van der Waals surface area contributed by atoms with E-state index in [0.717, 1.165) is 23.7 Å². The molecule has 1 aromatic rings. The third-order valence-electron chi connectivity index (χ3n) is 12.3. The summed E-state index contributed by atoms with van der Waals surface area (Å²) in [6.45, 7) is 4.71. The molecule has 2 nitrogen and oxygen atoms in total. The zero-order valence-corrected chi connectivity index (χ0v) is 29.2. The van der Waals surface area contributed by atoms with Crippen molar-refractivity contribution in [3.8, 4) is 0 Å². The summed E-state index contributed by atoms with van der Waals surface area (Å²) in [5.41, 5.74) is 6.76. The summed E-state index contributed by atoms with van der Waals surface area (Å²) in [4.78, 5) is 0. The van der Waals surface area contributed by atoms with Gasteiger partial charge in [-0.3, -0.25) is 0 Å². The average molecular weight is 655 g/mol. The van der Waals surface area contributed by atoms with Crippen molar-refractivity contribution in [2.75, 3.05) is 32.3 Å². The third kappa shape index (κ3) is 6.07. The second kappa shape index (κ2) is 13.9. The van der Waals surface area contributed by atoms with Gasteiger partial charge >= 0.3 is 17.1 Å². The minimum atomic E-state index is 0. The maximum atomic E-state index is 3.83. The summed E-state index contributed by atoms with van der Waals surface area (Å²) in [5.74, 6) is 5.06. The Bertz CT molecular complexity index is 1200. The topological polar surface area (TPSA) is 24.1 Å². The Balaban J connectivity index is 0.000000500. The number of hydrogen-bond donors (Lipinski definition) is 2. The first-order chi connectivity index (χ1) is 20.6. The van der Waals surface area contributed by atoms with Gasteiger partial charge in [-0.2, -0.15) is 18.2 Å². The van der Waals surface area contributed by atoms with E-state index in [0.29, 0.717) is 17.3 Å². The molecule has 6 fully saturated rings. The second-order valence-corrected chi connectivity index (χ2v) is 16.0. The Morgan fingerprint density at radius 2 is 1.58 bits per heavy atom. The van der Waals surface area contributed by atoms with Gasteiger partial charge in [0, 0.05) is 5.16 Å². The molecule has 43 heavy (non-hydrogen) atoms. The van der Waals surface area contributed by atoms with Crippen LogP contribution in [0.25, 0.3) is 0 Å². The Hall–Kier alpha value is -0.781. The molecule has 0 radical (unpaired) electrons. The fourth-order valence-corrected chi connectivity index (χ4v) is 12.3. The molecule has 8 aliphatic rings. The molecule has 0 aromatic heterocycles. The van der Waals surface area contributed by atoms with Gasteiger partial charge < -0.3 is 10.6 Å². The van der Waals surface area contributed by atoms with Crippen LogP contribution in [-0.2, 0) is 17.1 Å². The minimum absolute atomic E-state index is 0. The van der Waals surface area contributed by atoms with E-state index in [9.17, 15) is 0 Å². The van der Waals surface area contributed by atoms with E-state index in [4.69, 9.17) is 0 Å². The maximum Gasteiger partial charge on any atom is 2.00 e. The summed E-state index contributed by atoms with van der Waals surface area (Å²) in [7, 11) is 6.81. The van der Waals surface area contributed by atoms with Crippen LogP contribution in [0.1, 0.15) is 57.8 Å². The van der Waals surface area contributed by atoms with Gasteiger partial charge in [0.05, 0.1) is 0 Å². The summed E-state index contributed by atoms with van der Waals surface area (Å²) in [6.07, 6.45) is 30.7. The van der Waals surface area contributed by atoms with Gasteiger partial charge in [0.1, 0.15) is 0 Å². The van der Waals surface area contributed by atoms with Crippen molar-refractivity contribution in [3.05, 3.63) is 95.5 Å². The Morgan fingerprint density at radius 1 is 0.907 bits per heavy atom. The fourth-order valence-electron chi connectivity index (χ4n) is 10.7. The Kier molecular flexibility index (Phi) is 10.4. The smallest absolute Gasteiger partial charge is 0.316 e. The molecular weight excluding hydrogens is 602 g/mol. The molecule has 7 atom stereocenters. The van der Waals surface area contributed by atoms with E-state index in [1.54, 1.807) is 11.1 Å². The summed E-state index contributed by atoms with van der Waals surface area (Å²) >= 11 is 0. The quantitative estimate of drug-likeness (QED) is 0.192. The molecule has 2 N–H and O–H groups in total. The van der Waals surface area contributed by atoms with Crippen molar-refractivity contribution < 1.29 is 17.1 Å². The predicted octanol–water partition coefficient (Wildman–Crippen LogP) is 7.81. The van der Waals surface area contributed by atoms with Gasteiger partial charge in [-0.05, 0) is 142 Å². The zero-order chi connectivity index (χ0) is 28.6. The molecule has 6 aliphatic carbocycles. The second-order valence-electron chi connectivity index (χ2n) is 14.5. The van der Waals surface area contributed by atoms with Crippen LogP contribution < -0.4 is 10.6 Å². The molecule has 232 valence electrons. The molecule has 5 heteroatoms. The molecule has 4 saturated carbocycles. The minimum Gasteiger partial charge on any atom is -0.316 e. The van der Waals surface area contributed by atoms with Crippen molar-refractivity contribution in [3.63, 3.8) is 0 Å². The largest absolute Gasteiger partial charge is 2.00 e. The van der Waals surface area contributed by atoms with Crippen molar-refractivity contribution >= 4 is 18.5 Å². The molecule has 0 amide bonds. The van der Waals surface area contributed by atoms with Gasteiger partial charge in [-0.15, -0.1) is 54.8 Å². The van der Waals surface area contributed by atoms with Crippen LogP contribution in [0.3, 0.4) is 0 Å². The van der Waals surface area contributed by atoms with E-state index in [1.807, 2.05) is 30.3 Å². The van der Waals surface area contributed by atoms with Crippen LogP contribution in [0, 0.1) is 47.3 Å². The maximum absolute atomic E-state index is 3.83. The van der Waals surface area contributed by atoms with E-state index in [-0.39, 0.29) is 22.2 Å². The molecule has 9 rings (SSSR count). The standard InChI is InChI=1S/C33H47N2P2.C5H5.Fe/c36-21-31-26-13-22-12-23(14-26)18-32(31,17-22)29-15-25(24-6-2-1-3-7-24)16-30(29)33(37,27-8-4-10-34-19-27)28-9-5-11-35-20-28;1-2-4-5-3-1;/h1-3,6-7,15-16,22-23,26-28,31,34-35H,4-5,8-14,17-21,36-37H2;1-5H;/q2*-1;+2. The van der Waals surface area contributed by atoms with E-state index in [2.05, 4.69) is 72.0 Å². The van der Waals surface area contributed by atoms with Crippen LogP contribution in [0.5, 0.6) is 0 Å². The summed E-state index contributed by atoms with van der Waals surface area (Å²) < 4.78 is 0. The van der Waals surface area contributed by atoms with Gasteiger partial charge in [0.15, 0.2) is 0 Å². The number of rotatable bonds is 5. The number of allylic oxidation sites excluding steroid dienone is 10. The van der Waals surface area contributed by atoms with Crippen LogP contribution in [0.2, 0.25) is 0 Å². The van der Waals surface area contributed by atoms with E-state index in [1.165, 1.54) is 101 Å². The van der Waals surface area contributed by atoms with Crippen LogP contribution in [-0.4, -0.2) is 37.5 Å². The van der Waals surface area contributed by atoms with Crippen molar-refractivity contribution in [1.82, 2.24) is 10.6 Å². The predicted molar refractivity (Wildman–Crippen MR) is 185 cm³/mol. The van der Waals surface area contributed by atoms with Gasteiger partial charge in [0.25, 0.3) is 0 Å². The molecule has 4 bridgehead atoms. The SMILES string of the molecule is PCC1C2CC3CC(C2)CC1(C1=CC(=C2C=CC=C[CH-]2)C=C1C(P)(C1CCCNC1)C1CCCNC1)C3.[Fe+2].c1cc[cH-]c1. The molecule has 2 heterocycles. The first kappa shape index (κ1) is 32.2. The summed E-state index contributed by atoms with van der Waals surface area (Å²) in [6, 6.07) is 10.0. The van der Waals surface area contributed by atoms with Gasteiger partial charge in [-0.25, -0.2) is 12.1 Å².